The Hall–Kier alpha value is -3.94. The molecule has 0 saturated heterocycles. The molecule has 0 bridgehead atoms. The van der Waals surface area contributed by atoms with Gasteiger partial charge in [0.25, 0.3) is 0 Å². The summed E-state index contributed by atoms with van der Waals surface area (Å²) in [5, 5.41) is 0. The first kappa shape index (κ1) is 22.1. The third-order valence-electron chi connectivity index (χ3n) is 8.87. The Bertz CT molecular complexity index is 1720. The minimum atomic E-state index is -0.179. The molecular formula is C37H25Br. The zero-order chi connectivity index (χ0) is 25.3. The first-order valence-electron chi connectivity index (χ1n) is 13.3. The maximum atomic E-state index is 3.55. The number of hydrogen-bond acceptors (Lipinski definition) is 0. The fourth-order valence-corrected chi connectivity index (χ4v) is 7.66. The van der Waals surface area contributed by atoms with E-state index < -0.39 is 0 Å². The van der Waals surface area contributed by atoms with Crippen molar-refractivity contribution in [3.63, 3.8) is 0 Å². The molecule has 0 radical (unpaired) electrons. The summed E-state index contributed by atoms with van der Waals surface area (Å²) in [7, 11) is 0. The van der Waals surface area contributed by atoms with E-state index >= 15 is 0 Å². The monoisotopic (exact) mass is 548 g/mol. The van der Waals surface area contributed by atoms with Crippen molar-refractivity contribution in [1.29, 1.82) is 0 Å². The average molecular weight is 550 g/mol. The Morgan fingerprint density at radius 1 is 0.474 bits per heavy atom. The molecule has 5 aromatic carbocycles. The number of fused-ring (bicyclic) bond motifs is 10. The Morgan fingerprint density at radius 2 is 1.00 bits per heavy atom. The van der Waals surface area contributed by atoms with Crippen LogP contribution in [0, 0.1) is 5.92 Å². The zero-order valence-corrected chi connectivity index (χ0v) is 22.4. The number of benzene rings is 5. The largest absolute Gasteiger partial charge is 0.0789 e. The molecule has 0 N–H and O–H groups in total. The van der Waals surface area contributed by atoms with Crippen molar-refractivity contribution in [1.82, 2.24) is 0 Å². The summed E-state index contributed by atoms with van der Waals surface area (Å²) in [6.07, 6.45) is 9.39. The lowest BCUT2D eigenvalue weighted by atomic mass is 9.65. The maximum Gasteiger partial charge on any atom is 0.0538 e. The minimum Gasteiger partial charge on any atom is -0.0789 e. The predicted molar refractivity (Wildman–Crippen MR) is 161 cm³/mol. The van der Waals surface area contributed by atoms with Crippen LogP contribution in [0.3, 0.4) is 0 Å². The van der Waals surface area contributed by atoms with Crippen LogP contribution in [0.1, 0.15) is 28.2 Å². The highest BCUT2D eigenvalue weighted by Gasteiger charge is 2.57. The van der Waals surface area contributed by atoms with E-state index in [0.29, 0.717) is 11.8 Å². The minimum absolute atomic E-state index is 0.179. The molecule has 0 saturated carbocycles. The van der Waals surface area contributed by atoms with E-state index in [-0.39, 0.29) is 5.41 Å². The quantitative estimate of drug-likeness (QED) is 0.206. The molecule has 0 aromatic heterocycles. The average Bonchev–Trinajstić information content (AvgIpc) is 3.45. The molecule has 0 heterocycles. The van der Waals surface area contributed by atoms with Crippen molar-refractivity contribution in [3.8, 4) is 33.4 Å². The smallest absolute Gasteiger partial charge is 0.0538 e. The standard InChI is InChI=1S/C37H25Br/c38-27-22-20-25(21-23-27)24-16-18-26(19-17-24)28-11-7-15-35-36(28)31-10-3-6-14-34(31)37(35)32-12-4-1-8-29(32)30-9-2-5-13-33(30)37/h1-23,31,34H. The molecule has 0 fully saturated rings. The van der Waals surface area contributed by atoms with Crippen LogP contribution < -0.4 is 0 Å². The third kappa shape index (κ3) is 2.91. The van der Waals surface area contributed by atoms with Crippen LogP contribution in [-0.4, -0.2) is 0 Å². The molecule has 0 amide bonds. The number of allylic oxidation sites excluding steroid dienone is 4. The highest BCUT2D eigenvalue weighted by atomic mass is 79.9. The van der Waals surface area contributed by atoms with Crippen molar-refractivity contribution in [2.45, 2.75) is 11.3 Å². The summed E-state index contributed by atoms with van der Waals surface area (Å²) >= 11 is 3.55. The van der Waals surface area contributed by atoms with Gasteiger partial charge in [-0.05, 0) is 67.8 Å². The fourth-order valence-electron chi connectivity index (χ4n) is 7.40. The van der Waals surface area contributed by atoms with Gasteiger partial charge >= 0.3 is 0 Å². The van der Waals surface area contributed by atoms with Crippen LogP contribution in [0.2, 0.25) is 0 Å². The Morgan fingerprint density at radius 3 is 1.68 bits per heavy atom. The molecule has 1 spiro atoms. The normalized spacial score (nSPS) is 19.2. The van der Waals surface area contributed by atoms with Gasteiger partial charge in [0.1, 0.15) is 0 Å². The molecule has 2 atom stereocenters. The van der Waals surface area contributed by atoms with E-state index in [1.54, 1.807) is 0 Å². The lowest BCUT2D eigenvalue weighted by Crippen LogP contribution is -2.32. The summed E-state index contributed by atoms with van der Waals surface area (Å²) in [6, 6.07) is 42.8. The summed E-state index contributed by atoms with van der Waals surface area (Å²) in [5.41, 5.74) is 13.5. The number of rotatable bonds is 2. The Balaban J connectivity index is 1.36. The van der Waals surface area contributed by atoms with Gasteiger partial charge in [-0.1, -0.05) is 143 Å². The van der Waals surface area contributed by atoms with Crippen molar-refractivity contribution >= 4 is 15.9 Å². The molecule has 180 valence electrons. The molecule has 2 unspecified atom stereocenters. The van der Waals surface area contributed by atoms with Gasteiger partial charge in [0.2, 0.25) is 0 Å². The van der Waals surface area contributed by atoms with Crippen LogP contribution in [0.15, 0.2) is 144 Å². The van der Waals surface area contributed by atoms with Gasteiger partial charge in [-0.15, -0.1) is 0 Å². The van der Waals surface area contributed by atoms with Gasteiger partial charge in [0.05, 0.1) is 5.41 Å². The predicted octanol–water partition coefficient (Wildman–Crippen LogP) is 9.94. The zero-order valence-electron chi connectivity index (χ0n) is 20.8. The van der Waals surface area contributed by atoms with E-state index in [0.717, 1.165) is 4.47 Å². The van der Waals surface area contributed by atoms with Gasteiger partial charge < -0.3 is 0 Å². The highest BCUT2D eigenvalue weighted by Crippen LogP contribution is 2.66. The first-order chi connectivity index (χ1) is 18.8. The summed E-state index contributed by atoms with van der Waals surface area (Å²) in [5.74, 6) is 0.673. The molecule has 3 aliphatic carbocycles. The molecule has 1 heteroatoms. The third-order valence-corrected chi connectivity index (χ3v) is 9.40. The van der Waals surface area contributed by atoms with Gasteiger partial charge in [0, 0.05) is 16.3 Å². The summed E-state index contributed by atoms with van der Waals surface area (Å²) < 4.78 is 1.10. The van der Waals surface area contributed by atoms with E-state index in [9.17, 15) is 0 Å². The second kappa shape index (κ2) is 8.28. The van der Waals surface area contributed by atoms with Gasteiger partial charge in [0.15, 0.2) is 0 Å². The molecule has 8 rings (SSSR count). The van der Waals surface area contributed by atoms with Gasteiger partial charge in [-0.2, -0.15) is 0 Å². The molecule has 5 aromatic rings. The van der Waals surface area contributed by atoms with Crippen molar-refractivity contribution in [2.24, 2.45) is 5.92 Å². The van der Waals surface area contributed by atoms with Crippen molar-refractivity contribution in [2.75, 3.05) is 0 Å². The van der Waals surface area contributed by atoms with Crippen LogP contribution in [0.5, 0.6) is 0 Å². The van der Waals surface area contributed by atoms with Crippen LogP contribution in [0.4, 0.5) is 0 Å². The lowest BCUT2D eigenvalue weighted by Gasteiger charge is -2.36. The van der Waals surface area contributed by atoms with Gasteiger partial charge in [-0.25, -0.2) is 0 Å². The van der Waals surface area contributed by atoms with E-state index in [1.165, 1.54) is 55.6 Å². The van der Waals surface area contributed by atoms with Crippen molar-refractivity contribution < 1.29 is 0 Å². The molecule has 38 heavy (non-hydrogen) atoms. The van der Waals surface area contributed by atoms with E-state index in [2.05, 4.69) is 155 Å². The van der Waals surface area contributed by atoms with Crippen LogP contribution >= 0.6 is 15.9 Å². The van der Waals surface area contributed by atoms with Crippen molar-refractivity contribution in [3.05, 3.63) is 166 Å². The maximum absolute atomic E-state index is 3.55. The second-order valence-corrected chi connectivity index (χ2v) is 11.5. The highest BCUT2D eigenvalue weighted by molar-refractivity contribution is 9.10. The number of hydrogen-bond donors (Lipinski definition) is 0. The first-order valence-corrected chi connectivity index (χ1v) is 14.1. The summed E-state index contributed by atoms with van der Waals surface area (Å²) in [4.78, 5) is 0. The molecular weight excluding hydrogens is 524 g/mol. The Labute approximate surface area is 232 Å². The SMILES string of the molecule is Brc1ccc(-c2ccc(-c3cccc4c3C3C=CC=CC3C43c4ccccc4-c4ccccc43)cc2)cc1. The van der Waals surface area contributed by atoms with Gasteiger partial charge in [-0.3, -0.25) is 0 Å². The van der Waals surface area contributed by atoms with E-state index in [1.807, 2.05) is 0 Å². The molecule has 3 aliphatic rings. The second-order valence-electron chi connectivity index (χ2n) is 10.6. The molecule has 0 nitrogen and oxygen atoms in total. The summed E-state index contributed by atoms with van der Waals surface area (Å²) in [6.45, 7) is 0. The molecule has 0 aliphatic heterocycles. The van der Waals surface area contributed by atoms with Crippen LogP contribution in [-0.2, 0) is 5.41 Å². The lowest BCUT2D eigenvalue weighted by molar-refractivity contribution is 0.465. The topological polar surface area (TPSA) is 0 Å². The fraction of sp³-hybridized carbons (Fsp3) is 0.0811. The van der Waals surface area contributed by atoms with E-state index in [4.69, 9.17) is 0 Å². The Kier molecular flexibility index (Phi) is 4.81. The van der Waals surface area contributed by atoms with Crippen LogP contribution in [0.25, 0.3) is 33.4 Å². The number of halogens is 1.